The normalized spacial score (nSPS) is 12.8. The van der Waals surface area contributed by atoms with Crippen LogP contribution < -0.4 is 10.2 Å². The highest BCUT2D eigenvalue weighted by molar-refractivity contribution is 5.94. The zero-order valence-electron chi connectivity index (χ0n) is 21.1. The number of amides is 2. The Bertz CT molecular complexity index is 1390. The summed E-state index contributed by atoms with van der Waals surface area (Å²) in [5.41, 5.74) is 4.77. The molecule has 0 radical (unpaired) electrons. The third-order valence-electron chi connectivity index (χ3n) is 6.40. The molecule has 190 valence electrons. The highest BCUT2D eigenvalue weighted by Gasteiger charge is 2.29. The summed E-state index contributed by atoms with van der Waals surface area (Å²) in [5, 5.41) is 7.64. The summed E-state index contributed by atoms with van der Waals surface area (Å²) in [6.07, 6.45) is 7.31. The fraction of sp³-hybridized carbons (Fsp3) is 0.308. The van der Waals surface area contributed by atoms with Crippen molar-refractivity contribution in [2.45, 2.75) is 33.0 Å². The number of H-pyrrole nitrogens is 1. The molecule has 0 saturated carbocycles. The number of hydrogen-bond donors (Lipinski definition) is 2. The Kier molecular flexibility index (Phi) is 6.67. The lowest BCUT2D eigenvalue weighted by Gasteiger charge is -2.27. The van der Waals surface area contributed by atoms with Gasteiger partial charge < -0.3 is 20.1 Å². The van der Waals surface area contributed by atoms with E-state index in [1.807, 2.05) is 40.8 Å². The molecule has 11 nitrogen and oxygen atoms in total. The van der Waals surface area contributed by atoms with Crippen molar-refractivity contribution < 1.29 is 9.59 Å². The highest BCUT2D eigenvalue weighted by Crippen LogP contribution is 2.25. The molecule has 0 saturated heterocycles. The number of aromatic amines is 1. The van der Waals surface area contributed by atoms with E-state index in [1.165, 1.54) is 4.90 Å². The van der Waals surface area contributed by atoms with E-state index < -0.39 is 0 Å². The van der Waals surface area contributed by atoms with Crippen LogP contribution >= 0.6 is 0 Å². The molecular weight excluding hydrogens is 470 g/mol. The number of carbonyl (C=O) groups is 2. The molecule has 4 heterocycles. The van der Waals surface area contributed by atoms with Crippen molar-refractivity contribution in [1.82, 2.24) is 39.9 Å². The van der Waals surface area contributed by atoms with Gasteiger partial charge in [-0.3, -0.25) is 14.3 Å². The van der Waals surface area contributed by atoms with E-state index in [2.05, 4.69) is 30.4 Å². The van der Waals surface area contributed by atoms with Gasteiger partial charge >= 0.3 is 0 Å². The number of aryl methyl sites for hydroxylation is 1. The summed E-state index contributed by atoms with van der Waals surface area (Å²) in [7, 11) is 3.38. The number of rotatable bonds is 7. The Labute approximate surface area is 214 Å². The van der Waals surface area contributed by atoms with Gasteiger partial charge in [-0.05, 0) is 12.5 Å². The van der Waals surface area contributed by atoms with Crippen LogP contribution in [-0.4, -0.2) is 67.1 Å². The number of anilines is 1. The second-order valence-corrected chi connectivity index (χ2v) is 9.05. The van der Waals surface area contributed by atoms with Crippen molar-refractivity contribution in [3.63, 3.8) is 0 Å². The zero-order valence-corrected chi connectivity index (χ0v) is 21.1. The molecule has 1 aliphatic rings. The quantitative estimate of drug-likeness (QED) is 0.400. The van der Waals surface area contributed by atoms with Gasteiger partial charge in [0.15, 0.2) is 5.69 Å². The lowest BCUT2D eigenvalue weighted by atomic mass is 10.0. The number of aromatic nitrogens is 6. The van der Waals surface area contributed by atoms with Gasteiger partial charge in [0, 0.05) is 81.8 Å². The van der Waals surface area contributed by atoms with E-state index in [4.69, 9.17) is 0 Å². The Morgan fingerprint density at radius 3 is 2.51 bits per heavy atom. The van der Waals surface area contributed by atoms with Crippen molar-refractivity contribution in [2.24, 2.45) is 0 Å². The van der Waals surface area contributed by atoms with Crippen LogP contribution in [0.3, 0.4) is 0 Å². The van der Waals surface area contributed by atoms with Gasteiger partial charge in [-0.15, -0.1) is 0 Å². The molecule has 5 rings (SSSR count). The third-order valence-corrected chi connectivity index (χ3v) is 6.40. The first kappa shape index (κ1) is 24.2. The van der Waals surface area contributed by atoms with Crippen LogP contribution in [0.2, 0.25) is 0 Å². The number of fused-ring (bicyclic) bond motifs is 1. The molecule has 4 aromatic rings. The maximum atomic E-state index is 13.2. The summed E-state index contributed by atoms with van der Waals surface area (Å²) >= 11 is 0. The van der Waals surface area contributed by atoms with E-state index in [-0.39, 0.29) is 11.8 Å². The Morgan fingerprint density at radius 2 is 1.86 bits per heavy atom. The van der Waals surface area contributed by atoms with Crippen LogP contribution in [0.1, 0.15) is 44.6 Å². The van der Waals surface area contributed by atoms with Crippen molar-refractivity contribution >= 4 is 17.8 Å². The van der Waals surface area contributed by atoms with E-state index in [9.17, 15) is 9.59 Å². The smallest absolute Gasteiger partial charge is 0.272 e. The molecule has 2 N–H and O–H groups in total. The van der Waals surface area contributed by atoms with Crippen LogP contribution in [0.25, 0.3) is 11.4 Å². The predicted octanol–water partition coefficient (Wildman–Crippen LogP) is 2.28. The van der Waals surface area contributed by atoms with Crippen LogP contribution in [0.5, 0.6) is 0 Å². The van der Waals surface area contributed by atoms with Gasteiger partial charge in [0.05, 0.1) is 12.1 Å². The van der Waals surface area contributed by atoms with E-state index in [1.54, 1.807) is 38.9 Å². The molecule has 2 amide bonds. The second kappa shape index (κ2) is 10.2. The van der Waals surface area contributed by atoms with Crippen LogP contribution in [0.15, 0.2) is 49.1 Å². The van der Waals surface area contributed by atoms with Crippen molar-refractivity contribution in [2.75, 3.05) is 25.5 Å². The molecule has 1 aliphatic heterocycles. The topological polar surface area (TPSA) is 125 Å². The van der Waals surface area contributed by atoms with E-state index >= 15 is 0 Å². The van der Waals surface area contributed by atoms with Gasteiger partial charge in [0.2, 0.25) is 5.95 Å². The van der Waals surface area contributed by atoms with E-state index in [0.717, 1.165) is 34.6 Å². The molecule has 0 spiro atoms. The molecule has 11 heteroatoms. The second-order valence-electron chi connectivity index (χ2n) is 9.05. The SMILES string of the molecule is CCn1nc(C(=O)NCc2ccc(-c3ncc[nH]3)cc2)c2c1CCN(c1ncc(C(=O)N(C)C)cn1)C2. The molecule has 0 aliphatic carbocycles. The number of nitrogens with one attached hydrogen (secondary N) is 2. The minimum Gasteiger partial charge on any atom is -0.347 e. The van der Waals surface area contributed by atoms with E-state index in [0.29, 0.717) is 43.4 Å². The van der Waals surface area contributed by atoms with Gasteiger partial charge in [-0.2, -0.15) is 5.10 Å². The van der Waals surface area contributed by atoms with Crippen LogP contribution in [-0.2, 0) is 26.1 Å². The number of carbonyl (C=O) groups excluding carboxylic acids is 2. The third kappa shape index (κ3) is 4.92. The molecule has 1 aromatic carbocycles. The van der Waals surface area contributed by atoms with Gasteiger partial charge in [0.1, 0.15) is 5.82 Å². The lowest BCUT2D eigenvalue weighted by molar-refractivity contribution is 0.0826. The summed E-state index contributed by atoms with van der Waals surface area (Å²) in [5.74, 6) is 0.965. The average molecular weight is 500 g/mol. The highest BCUT2D eigenvalue weighted by atomic mass is 16.2. The van der Waals surface area contributed by atoms with Crippen LogP contribution in [0, 0.1) is 0 Å². The molecule has 37 heavy (non-hydrogen) atoms. The molecular formula is C26H29N9O2. The largest absolute Gasteiger partial charge is 0.347 e. The van der Waals surface area contributed by atoms with Crippen molar-refractivity contribution in [3.8, 4) is 11.4 Å². The van der Waals surface area contributed by atoms with Crippen LogP contribution in [0.4, 0.5) is 5.95 Å². The number of hydrogen-bond acceptors (Lipinski definition) is 7. The van der Waals surface area contributed by atoms with Crippen molar-refractivity contribution in [1.29, 1.82) is 0 Å². The van der Waals surface area contributed by atoms with Gasteiger partial charge in [0.25, 0.3) is 11.8 Å². The minimum atomic E-state index is -0.215. The average Bonchev–Trinajstić information content (AvgIpc) is 3.60. The Hall–Kier alpha value is -4.54. The van der Waals surface area contributed by atoms with Gasteiger partial charge in [-0.25, -0.2) is 15.0 Å². The summed E-state index contributed by atoms with van der Waals surface area (Å²) in [4.78, 5) is 45.0. The minimum absolute atomic E-state index is 0.147. The Morgan fingerprint density at radius 1 is 1.11 bits per heavy atom. The van der Waals surface area contributed by atoms with Gasteiger partial charge in [-0.1, -0.05) is 24.3 Å². The monoisotopic (exact) mass is 499 g/mol. The zero-order chi connectivity index (χ0) is 25.9. The predicted molar refractivity (Wildman–Crippen MR) is 138 cm³/mol. The lowest BCUT2D eigenvalue weighted by Crippen LogP contribution is -2.34. The maximum absolute atomic E-state index is 13.2. The maximum Gasteiger partial charge on any atom is 0.272 e. The molecule has 0 atom stereocenters. The standard InChI is InChI=1S/C26H29N9O2/c1-4-35-21-9-12-34(26-30-14-19(15-31-26)25(37)33(2)3)16-20(21)22(32-35)24(36)29-13-17-5-7-18(8-6-17)23-27-10-11-28-23/h5-8,10-11,14-15H,4,9,12-13,16H2,1-3H3,(H,27,28)(H,29,36). The number of imidazole rings is 1. The summed E-state index contributed by atoms with van der Waals surface area (Å²) in [6, 6.07) is 7.90. The number of nitrogens with zero attached hydrogens (tertiary/aromatic N) is 7. The first-order valence-electron chi connectivity index (χ1n) is 12.2. The van der Waals surface area contributed by atoms with Crippen molar-refractivity contribution in [3.05, 3.63) is 77.1 Å². The molecule has 3 aromatic heterocycles. The first-order valence-corrected chi connectivity index (χ1v) is 12.2. The molecule has 0 unspecified atom stereocenters. The summed E-state index contributed by atoms with van der Waals surface area (Å²) < 4.78 is 1.90. The fourth-order valence-corrected chi connectivity index (χ4v) is 4.43. The summed E-state index contributed by atoms with van der Waals surface area (Å²) in [6.45, 7) is 4.26. The fourth-order valence-electron chi connectivity index (χ4n) is 4.43. The number of benzene rings is 1. The molecule has 0 fully saturated rings. The Balaban J connectivity index is 1.30. The first-order chi connectivity index (χ1) is 17.9. The molecule has 0 bridgehead atoms.